The van der Waals surface area contributed by atoms with Crippen LogP contribution < -0.4 is 0 Å². The van der Waals surface area contributed by atoms with Crippen LogP contribution in [0.15, 0.2) is 30.3 Å². The molecule has 0 aliphatic carbocycles. The van der Waals surface area contributed by atoms with Gasteiger partial charge in [0.05, 0.1) is 6.54 Å². The molecular weight excluding hydrogens is 256 g/mol. The molecule has 18 heavy (non-hydrogen) atoms. The molecular formula is C14H18ClF2N. The highest BCUT2D eigenvalue weighted by Crippen LogP contribution is 2.31. The van der Waals surface area contributed by atoms with Crippen molar-refractivity contribution in [3.63, 3.8) is 0 Å². The smallest absolute Gasteiger partial charge is 0.285 e. The standard InChI is InChI=1S/C14H18ClF2N/c15-10-13-8-4-5-9-18(13)11-14(16,17)12-6-2-1-3-7-12/h1-3,6-7,13H,4-5,8-11H2. The maximum Gasteiger partial charge on any atom is 0.285 e. The van der Waals surface area contributed by atoms with Crippen molar-refractivity contribution in [2.75, 3.05) is 19.0 Å². The van der Waals surface area contributed by atoms with Crippen molar-refractivity contribution in [1.82, 2.24) is 4.90 Å². The van der Waals surface area contributed by atoms with Gasteiger partial charge in [-0.3, -0.25) is 4.90 Å². The summed E-state index contributed by atoms with van der Waals surface area (Å²) in [5.41, 5.74) is 0.0869. The molecule has 0 aromatic heterocycles. The summed E-state index contributed by atoms with van der Waals surface area (Å²) in [6.07, 6.45) is 3.00. The fraction of sp³-hybridized carbons (Fsp3) is 0.571. The maximum absolute atomic E-state index is 14.2. The van der Waals surface area contributed by atoms with Crippen LogP contribution in [0.5, 0.6) is 0 Å². The van der Waals surface area contributed by atoms with Gasteiger partial charge in [0.2, 0.25) is 0 Å². The zero-order chi connectivity index (χ0) is 13.0. The van der Waals surface area contributed by atoms with E-state index in [9.17, 15) is 8.78 Å². The molecule has 1 heterocycles. The Labute approximate surface area is 112 Å². The molecule has 2 rings (SSSR count). The highest BCUT2D eigenvalue weighted by atomic mass is 35.5. The second kappa shape index (κ2) is 5.98. The molecule has 0 amide bonds. The van der Waals surface area contributed by atoms with Crippen LogP contribution in [0.3, 0.4) is 0 Å². The molecule has 0 N–H and O–H groups in total. The molecule has 0 bridgehead atoms. The highest BCUT2D eigenvalue weighted by molar-refractivity contribution is 6.18. The van der Waals surface area contributed by atoms with Gasteiger partial charge in [-0.05, 0) is 19.4 Å². The minimum absolute atomic E-state index is 0.0869. The Balaban J connectivity index is 2.07. The quantitative estimate of drug-likeness (QED) is 0.753. The normalized spacial score (nSPS) is 22.1. The largest absolute Gasteiger partial charge is 0.293 e. The number of benzene rings is 1. The van der Waals surface area contributed by atoms with Gasteiger partial charge in [0.15, 0.2) is 0 Å². The first kappa shape index (κ1) is 13.8. The van der Waals surface area contributed by atoms with Crippen molar-refractivity contribution in [3.8, 4) is 0 Å². The summed E-state index contributed by atoms with van der Waals surface area (Å²) in [6, 6.07) is 8.12. The fourth-order valence-corrected chi connectivity index (χ4v) is 2.82. The van der Waals surface area contributed by atoms with Gasteiger partial charge in [0, 0.05) is 17.5 Å². The molecule has 100 valence electrons. The number of hydrogen-bond donors (Lipinski definition) is 0. The van der Waals surface area contributed by atoms with Crippen molar-refractivity contribution < 1.29 is 8.78 Å². The topological polar surface area (TPSA) is 3.24 Å². The second-order valence-electron chi connectivity index (χ2n) is 4.84. The van der Waals surface area contributed by atoms with Gasteiger partial charge in [-0.25, -0.2) is 0 Å². The van der Waals surface area contributed by atoms with Crippen LogP contribution in [-0.2, 0) is 5.92 Å². The summed E-state index contributed by atoms with van der Waals surface area (Å²) in [6.45, 7) is 0.494. The van der Waals surface area contributed by atoms with Crippen molar-refractivity contribution in [3.05, 3.63) is 35.9 Å². The third kappa shape index (κ3) is 3.21. The summed E-state index contributed by atoms with van der Waals surface area (Å²) in [4.78, 5) is 1.84. The first-order chi connectivity index (χ1) is 8.63. The SMILES string of the molecule is FC(F)(CN1CCCCC1CCl)c1ccccc1. The lowest BCUT2D eigenvalue weighted by molar-refractivity contribution is -0.0517. The number of halogens is 3. The van der Waals surface area contributed by atoms with Gasteiger partial charge in [0.25, 0.3) is 5.92 Å². The summed E-state index contributed by atoms with van der Waals surface area (Å²) in [5, 5.41) is 0. The molecule has 1 aromatic carbocycles. The Kier molecular flexibility index (Phi) is 4.57. The van der Waals surface area contributed by atoms with Crippen LogP contribution in [0.1, 0.15) is 24.8 Å². The molecule has 1 aromatic rings. The Bertz CT molecular complexity index is 369. The minimum atomic E-state index is -2.80. The van der Waals surface area contributed by atoms with Crippen LogP contribution in [-0.4, -0.2) is 29.9 Å². The van der Waals surface area contributed by atoms with Crippen LogP contribution in [0.25, 0.3) is 0 Å². The van der Waals surface area contributed by atoms with Gasteiger partial charge in [-0.15, -0.1) is 11.6 Å². The fourth-order valence-electron chi connectivity index (χ4n) is 2.47. The monoisotopic (exact) mass is 273 g/mol. The molecule has 1 saturated heterocycles. The van der Waals surface area contributed by atoms with Gasteiger partial charge in [-0.1, -0.05) is 36.8 Å². The maximum atomic E-state index is 14.2. The number of alkyl halides is 3. The summed E-state index contributed by atoms with van der Waals surface area (Å²) < 4.78 is 28.3. The number of likely N-dealkylation sites (tertiary alicyclic amines) is 1. The minimum Gasteiger partial charge on any atom is -0.293 e. The Hall–Kier alpha value is -0.670. The first-order valence-electron chi connectivity index (χ1n) is 6.37. The van der Waals surface area contributed by atoms with E-state index >= 15 is 0 Å². The van der Waals surface area contributed by atoms with Crippen LogP contribution in [0.2, 0.25) is 0 Å². The van der Waals surface area contributed by atoms with E-state index in [1.807, 2.05) is 4.90 Å². The first-order valence-corrected chi connectivity index (χ1v) is 6.90. The van der Waals surface area contributed by atoms with E-state index in [-0.39, 0.29) is 18.2 Å². The van der Waals surface area contributed by atoms with Gasteiger partial charge in [0.1, 0.15) is 0 Å². The number of rotatable bonds is 4. The van der Waals surface area contributed by atoms with E-state index < -0.39 is 5.92 Å². The van der Waals surface area contributed by atoms with E-state index in [0.29, 0.717) is 5.88 Å². The molecule has 1 unspecified atom stereocenters. The average Bonchev–Trinajstić information content (AvgIpc) is 2.40. The van der Waals surface area contributed by atoms with Gasteiger partial charge in [-0.2, -0.15) is 8.78 Å². The molecule has 1 fully saturated rings. The molecule has 1 nitrogen and oxygen atoms in total. The highest BCUT2D eigenvalue weighted by Gasteiger charge is 2.36. The van der Waals surface area contributed by atoms with E-state index in [2.05, 4.69) is 0 Å². The Morgan fingerprint density at radius 3 is 2.61 bits per heavy atom. The predicted molar refractivity (Wildman–Crippen MR) is 70.3 cm³/mol. The molecule has 1 aliphatic heterocycles. The zero-order valence-electron chi connectivity index (χ0n) is 10.3. The third-order valence-electron chi connectivity index (χ3n) is 3.52. The number of nitrogens with zero attached hydrogens (tertiary/aromatic N) is 1. The summed E-state index contributed by atoms with van der Waals surface area (Å²) in [7, 11) is 0. The van der Waals surface area contributed by atoms with Crippen LogP contribution in [0.4, 0.5) is 8.78 Å². The van der Waals surface area contributed by atoms with E-state index in [4.69, 9.17) is 11.6 Å². The Morgan fingerprint density at radius 1 is 1.22 bits per heavy atom. The lowest BCUT2D eigenvalue weighted by atomic mass is 10.0. The molecule has 0 saturated carbocycles. The van der Waals surface area contributed by atoms with E-state index in [1.54, 1.807) is 18.2 Å². The van der Waals surface area contributed by atoms with E-state index in [1.165, 1.54) is 12.1 Å². The number of piperidine rings is 1. The molecule has 1 atom stereocenters. The van der Waals surface area contributed by atoms with Crippen molar-refractivity contribution in [1.29, 1.82) is 0 Å². The Morgan fingerprint density at radius 2 is 1.94 bits per heavy atom. The zero-order valence-corrected chi connectivity index (χ0v) is 11.0. The molecule has 4 heteroatoms. The molecule has 0 radical (unpaired) electrons. The lowest BCUT2D eigenvalue weighted by Crippen LogP contribution is -2.46. The summed E-state index contributed by atoms with van der Waals surface area (Å²) in [5.74, 6) is -2.37. The van der Waals surface area contributed by atoms with Gasteiger partial charge >= 0.3 is 0 Å². The van der Waals surface area contributed by atoms with Crippen molar-refractivity contribution >= 4 is 11.6 Å². The predicted octanol–water partition coefficient (Wildman–Crippen LogP) is 3.87. The van der Waals surface area contributed by atoms with Crippen molar-refractivity contribution in [2.24, 2.45) is 0 Å². The van der Waals surface area contributed by atoms with Crippen LogP contribution >= 0.6 is 11.6 Å². The third-order valence-corrected chi connectivity index (χ3v) is 3.88. The lowest BCUT2D eigenvalue weighted by Gasteiger charge is -2.36. The molecule has 0 spiro atoms. The molecule has 1 aliphatic rings. The average molecular weight is 274 g/mol. The van der Waals surface area contributed by atoms with Crippen LogP contribution in [0, 0.1) is 0 Å². The summed E-state index contributed by atoms with van der Waals surface area (Å²) >= 11 is 5.86. The second-order valence-corrected chi connectivity index (χ2v) is 5.15. The van der Waals surface area contributed by atoms with Crippen molar-refractivity contribution in [2.45, 2.75) is 31.2 Å². The van der Waals surface area contributed by atoms with E-state index in [0.717, 1.165) is 25.8 Å². The van der Waals surface area contributed by atoms with Gasteiger partial charge < -0.3 is 0 Å². The number of hydrogen-bond acceptors (Lipinski definition) is 1.